The van der Waals surface area contributed by atoms with Crippen molar-refractivity contribution < 1.29 is 4.74 Å². The third kappa shape index (κ3) is 4.49. The van der Waals surface area contributed by atoms with E-state index in [2.05, 4.69) is 31.1 Å². The Morgan fingerprint density at radius 1 is 1.47 bits per heavy atom. The Hall–Kier alpha value is -0.120. The summed E-state index contributed by atoms with van der Waals surface area (Å²) in [5.74, 6) is 0.636. The summed E-state index contributed by atoms with van der Waals surface area (Å²) in [5.41, 5.74) is 0. The summed E-state index contributed by atoms with van der Waals surface area (Å²) < 4.78 is 5.26. The number of likely N-dealkylation sites (tertiary alicyclic amines) is 1. The summed E-state index contributed by atoms with van der Waals surface area (Å²) >= 11 is 0. The maximum Gasteiger partial charge on any atom is 0.0618 e. The molecule has 1 saturated heterocycles. The van der Waals surface area contributed by atoms with Gasteiger partial charge in [0.1, 0.15) is 0 Å². The van der Waals surface area contributed by atoms with Crippen LogP contribution in [0.2, 0.25) is 0 Å². The minimum Gasteiger partial charge on any atom is -0.383 e. The van der Waals surface area contributed by atoms with Crippen LogP contribution in [0.3, 0.4) is 0 Å². The molecule has 0 aromatic carbocycles. The van der Waals surface area contributed by atoms with Crippen LogP contribution >= 0.6 is 0 Å². The van der Waals surface area contributed by atoms with Gasteiger partial charge >= 0.3 is 0 Å². The summed E-state index contributed by atoms with van der Waals surface area (Å²) in [4.78, 5) is 2.41. The van der Waals surface area contributed by atoms with Gasteiger partial charge in [0, 0.05) is 25.7 Å². The average molecular weight is 214 g/mol. The molecule has 1 N–H and O–H groups in total. The van der Waals surface area contributed by atoms with E-state index in [1.165, 1.54) is 25.9 Å². The van der Waals surface area contributed by atoms with E-state index in [0.29, 0.717) is 18.0 Å². The number of rotatable bonds is 5. The standard InChI is InChI=1S/C12H26N2O/c1-10(2)12(9-15-4)13-11-6-5-7-14(3)8-11/h10-13H,5-9H2,1-4H3. The summed E-state index contributed by atoms with van der Waals surface area (Å²) in [7, 11) is 3.98. The molecule has 0 bridgehead atoms. The Morgan fingerprint density at radius 2 is 2.20 bits per heavy atom. The molecule has 0 radical (unpaired) electrons. The molecule has 3 heteroatoms. The number of piperidine rings is 1. The van der Waals surface area contributed by atoms with Crippen LogP contribution in [0.5, 0.6) is 0 Å². The van der Waals surface area contributed by atoms with Gasteiger partial charge in [0.25, 0.3) is 0 Å². The van der Waals surface area contributed by atoms with Crippen LogP contribution in [0, 0.1) is 5.92 Å². The van der Waals surface area contributed by atoms with Crippen LogP contribution in [0.15, 0.2) is 0 Å². The van der Waals surface area contributed by atoms with E-state index < -0.39 is 0 Å². The molecular weight excluding hydrogens is 188 g/mol. The molecule has 1 rings (SSSR count). The lowest BCUT2D eigenvalue weighted by Gasteiger charge is -2.34. The van der Waals surface area contributed by atoms with Crippen molar-refractivity contribution in [2.75, 3.05) is 33.9 Å². The van der Waals surface area contributed by atoms with Gasteiger partial charge in [-0.15, -0.1) is 0 Å². The summed E-state index contributed by atoms with van der Waals surface area (Å²) in [6.07, 6.45) is 2.61. The summed E-state index contributed by atoms with van der Waals surface area (Å²) in [6.45, 7) is 7.74. The van der Waals surface area contributed by atoms with Gasteiger partial charge in [-0.3, -0.25) is 0 Å². The predicted octanol–water partition coefficient (Wildman–Crippen LogP) is 1.34. The van der Waals surface area contributed by atoms with Crippen molar-refractivity contribution in [3.63, 3.8) is 0 Å². The second kappa shape index (κ2) is 6.46. The highest BCUT2D eigenvalue weighted by Crippen LogP contribution is 2.11. The minimum atomic E-state index is 0.492. The lowest BCUT2D eigenvalue weighted by Crippen LogP contribution is -2.50. The lowest BCUT2D eigenvalue weighted by atomic mass is 10.0. The first-order chi connectivity index (χ1) is 7.13. The molecule has 3 nitrogen and oxygen atoms in total. The lowest BCUT2D eigenvalue weighted by molar-refractivity contribution is 0.126. The second-order valence-corrected chi connectivity index (χ2v) is 5.07. The Labute approximate surface area is 94.2 Å². The molecule has 0 aromatic rings. The molecule has 0 saturated carbocycles. The maximum absolute atomic E-state index is 5.26. The number of nitrogens with one attached hydrogen (secondary N) is 1. The molecule has 0 aliphatic carbocycles. The molecule has 1 aliphatic rings. The minimum absolute atomic E-state index is 0.492. The van der Waals surface area contributed by atoms with Gasteiger partial charge in [-0.25, -0.2) is 0 Å². The number of methoxy groups -OCH3 is 1. The maximum atomic E-state index is 5.26. The fourth-order valence-corrected chi connectivity index (χ4v) is 2.22. The number of hydrogen-bond acceptors (Lipinski definition) is 3. The summed E-state index contributed by atoms with van der Waals surface area (Å²) in [5, 5.41) is 3.72. The molecule has 0 aromatic heterocycles. The normalized spacial score (nSPS) is 25.8. The fourth-order valence-electron chi connectivity index (χ4n) is 2.22. The van der Waals surface area contributed by atoms with Crippen LogP contribution in [0.1, 0.15) is 26.7 Å². The van der Waals surface area contributed by atoms with E-state index >= 15 is 0 Å². The van der Waals surface area contributed by atoms with Gasteiger partial charge in [0.15, 0.2) is 0 Å². The zero-order valence-electron chi connectivity index (χ0n) is 10.6. The Kier molecular flexibility index (Phi) is 5.58. The Balaban J connectivity index is 2.35. The van der Waals surface area contributed by atoms with Crippen molar-refractivity contribution in [1.82, 2.24) is 10.2 Å². The van der Waals surface area contributed by atoms with Gasteiger partial charge in [0.05, 0.1) is 6.61 Å². The van der Waals surface area contributed by atoms with E-state index in [1.54, 1.807) is 7.11 Å². The van der Waals surface area contributed by atoms with Crippen molar-refractivity contribution in [2.24, 2.45) is 5.92 Å². The van der Waals surface area contributed by atoms with Gasteiger partial charge in [0.2, 0.25) is 0 Å². The number of nitrogens with zero attached hydrogens (tertiary/aromatic N) is 1. The first kappa shape index (κ1) is 12.9. The van der Waals surface area contributed by atoms with Crippen molar-refractivity contribution in [1.29, 1.82) is 0 Å². The van der Waals surface area contributed by atoms with Gasteiger partial charge in [-0.05, 0) is 32.4 Å². The van der Waals surface area contributed by atoms with Gasteiger partial charge < -0.3 is 15.0 Å². The average Bonchev–Trinajstić information content (AvgIpc) is 2.17. The first-order valence-electron chi connectivity index (χ1n) is 6.07. The van der Waals surface area contributed by atoms with Crippen LogP contribution in [0.4, 0.5) is 0 Å². The number of ether oxygens (including phenoxy) is 1. The second-order valence-electron chi connectivity index (χ2n) is 5.07. The molecule has 2 atom stereocenters. The Bertz CT molecular complexity index is 173. The fraction of sp³-hybridized carbons (Fsp3) is 1.00. The molecule has 1 aliphatic heterocycles. The SMILES string of the molecule is COCC(NC1CCCN(C)C1)C(C)C. The van der Waals surface area contributed by atoms with Crippen molar-refractivity contribution >= 4 is 0 Å². The largest absolute Gasteiger partial charge is 0.383 e. The van der Waals surface area contributed by atoms with Gasteiger partial charge in [-0.1, -0.05) is 13.8 Å². The van der Waals surface area contributed by atoms with Crippen molar-refractivity contribution in [3.05, 3.63) is 0 Å². The number of likely N-dealkylation sites (N-methyl/N-ethyl adjacent to an activating group) is 1. The highest BCUT2D eigenvalue weighted by atomic mass is 16.5. The zero-order chi connectivity index (χ0) is 11.3. The topological polar surface area (TPSA) is 24.5 Å². The third-order valence-electron chi connectivity index (χ3n) is 3.23. The molecule has 15 heavy (non-hydrogen) atoms. The van der Waals surface area contributed by atoms with E-state index in [4.69, 9.17) is 4.74 Å². The zero-order valence-corrected chi connectivity index (χ0v) is 10.6. The first-order valence-corrected chi connectivity index (χ1v) is 6.07. The molecule has 2 unspecified atom stereocenters. The molecule has 0 amide bonds. The van der Waals surface area contributed by atoms with Crippen LogP contribution < -0.4 is 5.32 Å². The number of hydrogen-bond donors (Lipinski definition) is 1. The Morgan fingerprint density at radius 3 is 2.73 bits per heavy atom. The highest BCUT2D eigenvalue weighted by molar-refractivity contribution is 4.81. The highest BCUT2D eigenvalue weighted by Gasteiger charge is 2.21. The monoisotopic (exact) mass is 214 g/mol. The summed E-state index contributed by atoms with van der Waals surface area (Å²) in [6, 6.07) is 1.14. The van der Waals surface area contributed by atoms with Gasteiger partial charge in [-0.2, -0.15) is 0 Å². The van der Waals surface area contributed by atoms with Crippen LogP contribution in [0.25, 0.3) is 0 Å². The molecule has 90 valence electrons. The quantitative estimate of drug-likeness (QED) is 0.747. The van der Waals surface area contributed by atoms with Crippen molar-refractivity contribution in [3.8, 4) is 0 Å². The van der Waals surface area contributed by atoms with Crippen molar-refractivity contribution in [2.45, 2.75) is 38.8 Å². The van der Waals surface area contributed by atoms with Crippen LogP contribution in [-0.2, 0) is 4.74 Å². The van der Waals surface area contributed by atoms with E-state index in [-0.39, 0.29) is 0 Å². The smallest absolute Gasteiger partial charge is 0.0618 e. The van der Waals surface area contributed by atoms with E-state index in [9.17, 15) is 0 Å². The van der Waals surface area contributed by atoms with E-state index in [0.717, 1.165) is 6.61 Å². The predicted molar refractivity (Wildman–Crippen MR) is 64.2 cm³/mol. The molecular formula is C12H26N2O. The molecule has 0 spiro atoms. The molecule has 1 fully saturated rings. The molecule has 1 heterocycles. The van der Waals surface area contributed by atoms with E-state index in [1.807, 2.05) is 0 Å². The third-order valence-corrected chi connectivity index (χ3v) is 3.23. The van der Waals surface area contributed by atoms with Crippen LogP contribution in [-0.4, -0.2) is 50.8 Å².